The lowest BCUT2D eigenvalue weighted by Crippen LogP contribution is -1.98. The van der Waals surface area contributed by atoms with Crippen LogP contribution >= 0.6 is 34.5 Å². The predicted molar refractivity (Wildman–Crippen MR) is 73.1 cm³/mol. The van der Waals surface area contributed by atoms with Crippen molar-refractivity contribution in [2.75, 3.05) is 5.32 Å². The fraction of sp³-hybridized carbons (Fsp3) is 0.273. The zero-order chi connectivity index (χ0) is 12.3. The van der Waals surface area contributed by atoms with E-state index in [1.165, 1.54) is 0 Å². The molecule has 0 aliphatic carbocycles. The van der Waals surface area contributed by atoms with E-state index in [2.05, 4.69) is 22.4 Å². The molecule has 1 N–H and O–H groups in total. The highest BCUT2D eigenvalue weighted by Crippen LogP contribution is 2.21. The van der Waals surface area contributed by atoms with Gasteiger partial charge in [-0.1, -0.05) is 41.5 Å². The van der Waals surface area contributed by atoms with E-state index < -0.39 is 0 Å². The van der Waals surface area contributed by atoms with Crippen LogP contribution in [0.15, 0.2) is 18.2 Å². The Bertz CT molecular complexity index is 493. The number of anilines is 1. The Balaban J connectivity index is 2.01. The summed E-state index contributed by atoms with van der Waals surface area (Å²) in [5.41, 5.74) is 1.02. The first kappa shape index (κ1) is 12.6. The summed E-state index contributed by atoms with van der Waals surface area (Å²) < 4.78 is 0. The van der Waals surface area contributed by atoms with Crippen molar-refractivity contribution < 1.29 is 0 Å². The van der Waals surface area contributed by atoms with Gasteiger partial charge in [-0.3, -0.25) is 0 Å². The molecule has 0 saturated heterocycles. The molecule has 2 rings (SSSR count). The maximum atomic E-state index is 5.92. The fourth-order valence-corrected chi connectivity index (χ4v) is 2.61. The number of nitrogens with zero attached hydrogens (tertiary/aromatic N) is 2. The van der Waals surface area contributed by atoms with Crippen LogP contribution < -0.4 is 5.32 Å². The third-order valence-electron chi connectivity index (χ3n) is 2.14. The standard InChI is InChI=1S/C11H11Cl2N3S/c1-2-10-15-16-11(17-10)14-6-7-3-8(12)5-9(13)4-7/h3-5H,2,6H2,1H3,(H,14,16). The molecule has 0 saturated carbocycles. The number of nitrogens with one attached hydrogen (secondary N) is 1. The van der Waals surface area contributed by atoms with Gasteiger partial charge in [0.05, 0.1) is 0 Å². The molecule has 0 aliphatic heterocycles. The molecule has 0 bridgehead atoms. The van der Waals surface area contributed by atoms with Crippen LogP contribution in [0.3, 0.4) is 0 Å². The molecule has 0 aliphatic rings. The van der Waals surface area contributed by atoms with Crippen LogP contribution in [0.1, 0.15) is 17.5 Å². The lowest BCUT2D eigenvalue weighted by molar-refractivity contribution is 0.975. The Morgan fingerprint density at radius 3 is 2.47 bits per heavy atom. The van der Waals surface area contributed by atoms with E-state index in [4.69, 9.17) is 23.2 Å². The quantitative estimate of drug-likeness (QED) is 0.923. The van der Waals surface area contributed by atoms with Gasteiger partial charge in [0, 0.05) is 16.6 Å². The number of benzene rings is 1. The minimum Gasteiger partial charge on any atom is -0.356 e. The fourth-order valence-electron chi connectivity index (χ4n) is 1.36. The second kappa shape index (κ2) is 5.67. The van der Waals surface area contributed by atoms with Gasteiger partial charge in [-0.2, -0.15) is 0 Å². The molecule has 1 aromatic heterocycles. The van der Waals surface area contributed by atoms with Gasteiger partial charge in [0.2, 0.25) is 5.13 Å². The van der Waals surface area contributed by atoms with Crippen molar-refractivity contribution in [2.24, 2.45) is 0 Å². The van der Waals surface area contributed by atoms with Crippen LogP contribution in [0.5, 0.6) is 0 Å². The van der Waals surface area contributed by atoms with Crippen molar-refractivity contribution in [3.63, 3.8) is 0 Å². The summed E-state index contributed by atoms with van der Waals surface area (Å²) in [6.45, 7) is 2.69. The molecule has 0 radical (unpaired) electrons. The molecular weight excluding hydrogens is 277 g/mol. The van der Waals surface area contributed by atoms with Crippen LogP contribution in [-0.2, 0) is 13.0 Å². The molecular formula is C11H11Cl2N3S. The maximum absolute atomic E-state index is 5.92. The van der Waals surface area contributed by atoms with Crippen molar-refractivity contribution >= 4 is 39.7 Å². The highest BCUT2D eigenvalue weighted by atomic mass is 35.5. The molecule has 1 aromatic carbocycles. The Labute approximate surface area is 114 Å². The molecule has 0 amide bonds. The first-order valence-electron chi connectivity index (χ1n) is 5.18. The van der Waals surface area contributed by atoms with E-state index in [9.17, 15) is 0 Å². The maximum Gasteiger partial charge on any atom is 0.205 e. The van der Waals surface area contributed by atoms with Crippen LogP contribution in [0.4, 0.5) is 5.13 Å². The summed E-state index contributed by atoms with van der Waals surface area (Å²) in [5, 5.41) is 14.4. The Hall–Kier alpha value is -0.840. The van der Waals surface area contributed by atoms with E-state index >= 15 is 0 Å². The zero-order valence-corrected chi connectivity index (χ0v) is 11.5. The normalized spacial score (nSPS) is 10.5. The average molecular weight is 288 g/mol. The second-order valence-electron chi connectivity index (χ2n) is 3.49. The molecule has 0 spiro atoms. The SMILES string of the molecule is CCc1nnc(NCc2cc(Cl)cc(Cl)c2)s1. The van der Waals surface area contributed by atoms with Crippen LogP contribution in [0.25, 0.3) is 0 Å². The average Bonchev–Trinajstić information content (AvgIpc) is 2.73. The molecule has 0 atom stereocenters. The third kappa shape index (κ3) is 3.56. The van der Waals surface area contributed by atoms with Gasteiger partial charge in [-0.25, -0.2) is 0 Å². The molecule has 3 nitrogen and oxygen atoms in total. The topological polar surface area (TPSA) is 37.8 Å². The number of hydrogen-bond donors (Lipinski definition) is 1. The highest BCUT2D eigenvalue weighted by molar-refractivity contribution is 7.15. The van der Waals surface area contributed by atoms with Crippen molar-refractivity contribution in [1.29, 1.82) is 0 Å². The number of rotatable bonds is 4. The lowest BCUT2D eigenvalue weighted by atomic mass is 10.2. The first-order chi connectivity index (χ1) is 8.17. The van der Waals surface area contributed by atoms with Crippen LogP contribution in [0.2, 0.25) is 10.0 Å². The third-order valence-corrected chi connectivity index (χ3v) is 3.60. The molecule has 90 valence electrons. The van der Waals surface area contributed by atoms with Gasteiger partial charge in [0.15, 0.2) is 0 Å². The molecule has 2 aromatic rings. The molecule has 1 heterocycles. The Morgan fingerprint density at radius 1 is 1.18 bits per heavy atom. The van der Waals surface area contributed by atoms with Gasteiger partial charge in [-0.15, -0.1) is 10.2 Å². The smallest absolute Gasteiger partial charge is 0.205 e. The summed E-state index contributed by atoms with van der Waals surface area (Å²) in [5.74, 6) is 0. The van der Waals surface area contributed by atoms with E-state index in [0.29, 0.717) is 16.6 Å². The largest absolute Gasteiger partial charge is 0.356 e. The summed E-state index contributed by atoms with van der Waals surface area (Å²) in [7, 11) is 0. The number of hydrogen-bond acceptors (Lipinski definition) is 4. The first-order valence-corrected chi connectivity index (χ1v) is 6.76. The van der Waals surface area contributed by atoms with Crippen molar-refractivity contribution in [3.05, 3.63) is 38.8 Å². The van der Waals surface area contributed by atoms with Gasteiger partial charge in [-0.05, 0) is 30.2 Å². The second-order valence-corrected chi connectivity index (χ2v) is 5.42. The highest BCUT2D eigenvalue weighted by Gasteiger charge is 2.03. The molecule has 0 unspecified atom stereocenters. The number of halogens is 2. The summed E-state index contributed by atoms with van der Waals surface area (Å²) in [4.78, 5) is 0. The monoisotopic (exact) mass is 287 g/mol. The summed E-state index contributed by atoms with van der Waals surface area (Å²) in [6.07, 6.45) is 0.905. The van der Waals surface area contributed by atoms with Crippen LogP contribution in [0, 0.1) is 0 Å². The minimum absolute atomic E-state index is 0.638. The Morgan fingerprint density at radius 2 is 1.88 bits per heavy atom. The summed E-state index contributed by atoms with van der Waals surface area (Å²) in [6, 6.07) is 5.47. The van der Waals surface area contributed by atoms with E-state index in [1.807, 2.05) is 12.1 Å². The molecule has 0 fully saturated rings. The van der Waals surface area contributed by atoms with Crippen molar-refractivity contribution in [1.82, 2.24) is 10.2 Å². The lowest BCUT2D eigenvalue weighted by Gasteiger charge is -2.03. The van der Waals surface area contributed by atoms with Crippen LogP contribution in [-0.4, -0.2) is 10.2 Å². The van der Waals surface area contributed by atoms with Crippen molar-refractivity contribution in [3.8, 4) is 0 Å². The van der Waals surface area contributed by atoms with Crippen molar-refractivity contribution in [2.45, 2.75) is 19.9 Å². The van der Waals surface area contributed by atoms with Gasteiger partial charge in [0.1, 0.15) is 5.01 Å². The number of aryl methyl sites for hydroxylation is 1. The van der Waals surface area contributed by atoms with Gasteiger partial charge in [0.25, 0.3) is 0 Å². The zero-order valence-electron chi connectivity index (χ0n) is 9.20. The minimum atomic E-state index is 0.638. The van der Waals surface area contributed by atoms with E-state index in [1.54, 1.807) is 17.4 Å². The summed E-state index contributed by atoms with van der Waals surface area (Å²) >= 11 is 13.4. The van der Waals surface area contributed by atoms with E-state index in [0.717, 1.165) is 22.1 Å². The van der Waals surface area contributed by atoms with Gasteiger partial charge >= 0.3 is 0 Å². The van der Waals surface area contributed by atoms with E-state index in [-0.39, 0.29) is 0 Å². The number of aromatic nitrogens is 2. The molecule has 17 heavy (non-hydrogen) atoms. The van der Waals surface area contributed by atoms with Gasteiger partial charge < -0.3 is 5.32 Å². The molecule has 6 heteroatoms. The Kier molecular flexibility index (Phi) is 4.20. The predicted octanol–water partition coefficient (Wildman–Crippen LogP) is 4.02.